The van der Waals surface area contributed by atoms with Gasteiger partial charge in [-0.3, -0.25) is 4.79 Å². The number of piperidine rings is 1. The number of carbonyl (C=O) groups excluding carboxylic acids is 2. The van der Waals surface area contributed by atoms with Crippen molar-refractivity contribution in [2.75, 3.05) is 36.5 Å². The molecule has 2 saturated heterocycles. The monoisotopic (exact) mass is 495 g/mol. The molecular formula is C26H33N5O5. The molecule has 36 heavy (non-hydrogen) atoms. The van der Waals surface area contributed by atoms with E-state index in [1.165, 1.54) is 6.33 Å². The van der Waals surface area contributed by atoms with Gasteiger partial charge in [0.2, 0.25) is 5.88 Å². The fraction of sp³-hybridized carbons (Fsp3) is 0.538. The van der Waals surface area contributed by atoms with Gasteiger partial charge in [0.05, 0.1) is 6.10 Å². The molecule has 192 valence electrons. The number of nitrogens with one attached hydrogen (secondary N) is 1. The number of carbonyl (C=O) groups is 2. The topological polar surface area (TPSA) is 106 Å². The third-order valence-electron chi connectivity index (χ3n) is 6.69. The zero-order chi connectivity index (χ0) is 25.1. The van der Waals surface area contributed by atoms with Crippen molar-refractivity contribution in [1.29, 1.82) is 0 Å². The third kappa shape index (κ3) is 5.53. The van der Waals surface area contributed by atoms with E-state index in [0.29, 0.717) is 25.6 Å². The summed E-state index contributed by atoms with van der Waals surface area (Å²) in [5.41, 5.74) is 3.00. The first-order valence-corrected chi connectivity index (χ1v) is 12.7. The number of benzene rings is 1. The Morgan fingerprint density at radius 1 is 1.11 bits per heavy atom. The van der Waals surface area contributed by atoms with Gasteiger partial charge >= 0.3 is 6.09 Å². The third-order valence-corrected chi connectivity index (χ3v) is 6.69. The maximum atomic E-state index is 12.4. The van der Waals surface area contributed by atoms with Crippen LogP contribution in [0.2, 0.25) is 0 Å². The van der Waals surface area contributed by atoms with Gasteiger partial charge in [-0.25, -0.2) is 14.8 Å². The van der Waals surface area contributed by atoms with Crippen LogP contribution in [0.5, 0.6) is 5.88 Å². The smallest absolute Gasteiger partial charge is 0.410 e. The summed E-state index contributed by atoms with van der Waals surface area (Å²) in [6.07, 6.45) is 4.75. The Morgan fingerprint density at radius 2 is 1.94 bits per heavy atom. The van der Waals surface area contributed by atoms with Crippen molar-refractivity contribution in [2.24, 2.45) is 0 Å². The lowest BCUT2D eigenvalue weighted by atomic mass is 10.1. The molecule has 1 atom stereocenters. The number of ether oxygens (including phenoxy) is 3. The van der Waals surface area contributed by atoms with E-state index in [1.54, 1.807) is 4.90 Å². The van der Waals surface area contributed by atoms with E-state index in [0.717, 1.165) is 61.4 Å². The van der Waals surface area contributed by atoms with Crippen molar-refractivity contribution in [3.63, 3.8) is 0 Å². The molecule has 0 bridgehead atoms. The minimum absolute atomic E-state index is 0.0169. The fourth-order valence-electron chi connectivity index (χ4n) is 4.87. The van der Waals surface area contributed by atoms with Crippen LogP contribution in [0, 0.1) is 0 Å². The maximum absolute atomic E-state index is 12.4. The van der Waals surface area contributed by atoms with Crippen molar-refractivity contribution in [1.82, 2.24) is 14.9 Å². The summed E-state index contributed by atoms with van der Waals surface area (Å²) in [5.74, 6) is 1.22. The molecular weight excluding hydrogens is 462 g/mol. The zero-order valence-electron chi connectivity index (χ0n) is 20.8. The minimum atomic E-state index is -0.352. The number of amides is 2. The molecule has 1 N–H and O–H groups in total. The van der Waals surface area contributed by atoms with Crippen LogP contribution >= 0.6 is 0 Å². The van der Waals surface area contributed by atoms with Gasteiger partial charge in [0.1, 0.15) is 24.4 Å². The SMILES string of the molecule is CC(C)OC(=O)N1CCC(Oc2cc(N3CCc4cc(NC(=O)[C@H]5CCCO5)ccc43)ncn2)CC1. The van der Waals surface area contributed by atoms with Crippen LogP contribution in [0.15, 0.2) is 30.6 Å². The lowest BCUT2D eigenvalue weighted by Crippen LogP contribution is -2.42. The summed E-state index contributed by atoms with van der Waals surface area (Å²) < 4.78 is 16.9. The van der Waals surface area contributed by atoms with E-state index in [-0.39, 0.29) is 30.3 Å². The lowest BCUT2D eigenvalue weighted by Gasteiger charge is -2.31. The number of hydrogen-bond donors (Lipinski definition) is 1. The van der Waals surface area contributed by atoms with E-state index in [2.05, 4.69) is 20.2 Å². The summed E-state index contributed by atoms with van der Waals surface area (Å²) in [4.78, 5) is 37.2. The summed E-state index contributed by atoms with van der Waals surface area (Å²) >= 11 is 0. The lowest BCUT2D eigenvalue weighted by molar-refractivity contribution is -0.124. The van der Waals surface area contributed by atoms with Crippen molar-refractivity contribution in [3.05, 3.63) is 36.2 Å². The molecule has 2 amide bonds. The first-order valence-electron chi connectivity index (χ1n) is 12.7. The highest BCUT2D eigenvalue weighted by atomic mass is 16.6. The molecule has 2 aromatic rings. The Morgan fingerprint density at radius 3 is 2.69 bits per heavy atom. The molecule has 0 unspecified atom stereocenters. The normalized spacial score (nSPS) is 19.9. The Kier molecular flexibility index (Phi) is 7.22. The average Bonchev–Trinajstić information content (AvgIpc) is 3.55. The Bertz CT molecular complexity index is 1100. The summed E-state index contributed by atoms with van der Waals surface area (Å²) in [7, 11) is 0. The number of nitrogens with zero attached hydrogens (tertiary/aromatic N) is 4. The number of likely N-dealkylation sites (tertiary alicyclic amines) is 1. The van der Waals surface area contributed by atoms with Crippen LogP contribution in [0.4, 0.5) is 22.0 Å². The first kappa shape index (κ1) is 24.3. The van der Waals surface area contributed by atoms with Crippen LogP contribution in [0.25, 0.3) is 0 Å². The molecule has 0 spiro atoms. The largest absolute Gasteiger partial charge is 0.474 e. The van der Waals surface area contributed by atoms with Crippen LogP contribution in [0.3, 0.4) is 0 Å². The minimum Gasteiger partial charge on any atom is -0.474 e. The second kappa shape index (κ2) is 10.7. The molecule has 10 heteroatoms. The Balaban J connectivity index is 1.19. The summed E-state index contributed by atoms with van der Waals surface area (Å²) in [5, 5.41) is 2.98. The van der Waals surface area contributed by atoms with E-state index in [9.17, 15) is 9.59 Å². The predicted octanol–water partition coefficient (Wildman–Crippen LogP) is 3.68. The van der Waals surface area contributed by atoms with Crippen LogP contribution < -0.4 is 15.0 Å². The average molecular weight is 496 g/mol. The molecule has 4 heterocycles. The Hall–Kier alpha value is -3.40. The van der Waals surface area contributed by atoms with E-state index < -0.39 is 0 Å². The van der Waals surface area contributed by atoms with Gasteiger partial charge in [0, 0.05) is 56.5 Å². The number of fused-ring (bicyclic) bond motifs is 1. The van der Waals surface area contributed by atoms with E-state index in [4.69, 9.17) is 14.2 Å². The molecule has 0 saturated carbocycles. The van der Waals surface area contributed by atoms with Gasteiger partial charge in [0.25, 0.3) is 5.91 Å². The molecule has 10 nitrogen and oxygen atoms in total. The maximum Gasteiger partial charge on any atom is 0.410 e. The molecule has 0 radical (unpaired) electrons. The molecule has 1 aromatic carbocycles. The van der Waals surface area contributed by atoms with Crippen molar-refractivity contribution in [2.45, 2.75) is 64.3 Å². The van der Waals surface area contributed by atoms with Crippen molar-refractivity contribution in [3.8, 4) is 5.88 Å². The van der Waals surface area contributed by atoms with Crippen molar-refractivity contribution < 1.29 is 23.8 Å². The number of anilines is 3. The number of hydrogen-bond acceptors (Lipinski definition) is 8. The van der Waals surface area contributed by atoms with E-state index in [1.807, 2.05) is 38.1 Å². The van der Waals surface area contributed by atoms with Crippen LogP contribution in [-0.4, -0.2) is 71.4 Å². The summed E-state index contributed by atoms with van der Waals surface area (Å²) in [6, 6.07) is 7.82. The first-order chi connectivity index (χ1) is 17.5. The Labute approximate surface area is 210 Å². The van der Waals surface area contributed by atoms with Gasteiger partial charge in [-0.1, -0.05) is 0 Å². The van der Waals surface area contributed by atoms with Gasteiger partial charge in [-0.2, -0.15) is 0 Å². The highest BCUT2D eigenvalue weighted by Crippen LogP contribution is 2.36. The number of aromatic nitrogens is 2. The van der Waals surface area contributed by atoms with E-state index >= 15 is 0 Å². The zero-order valence-corrected chi connectivity index (χ0v) is 20.8. The van der Waals surface area contributed by atoms with Gasteiger partial charge in [-0.15, -0.1) is 0 Å². The second-order valence-electron chi connectivity index (χ2n) is 9.69. The van der Waals surface area contributed by atoms with Gasteiger partial charge < -0.3 is 29.3 Å². The van der Waals surface area contributed by atoms with Crippen LogP contribution in [0.1, 0.15) is 45.1 Å². The molecule has 3 aliphatic rings. The molecule has 3 aliphatic heterocycles. The standard InChI is InChI=1S/C26H33N5O5/c1-17(2)35-26(33)30-10-8-20(9-11-30)36-24-15-23(27-16-28-24)31-12-7-18-14-19(5-6-21(18)31)29-25(32)22-4-3-13-34-22/h5-6,14-17,20,22H,3-4,7-13H2,1-2H3,(H,29,32)/t22-/m1/s1. The number of rotatable bonds is 6. The van der Waals surface area contributed by atoms with Gasteiger partial charge in [-0.05, 0) is 56.9 Å². The van der Waals surface area contributed by atoms with Gasteiger partial charge in [0.15, 0.2) is 0 Å². The second-order valence-corrected chi connectivity index (χ2v) is 9.69. The predicted molar refractivity (Wildman–Crippen MR) is 134 cm³/mol. The quantitative estimate of drug-likeness (QED) is 0.647. The summed E-state index contributed by atoms with van der Waals surface area (Å²) in [6.45, 7) is 6.32. The van der Waals surface area contributed by atoms with Crippen LogP contribution in [-0.2, 0) is 20.7 Å². The fourth-order valence-corrected chi connectivity index (χ4v) is 4.87. The highest BCUT2D eigenvalue weighted by molar-refractivity contribution is 5.94. The molecule has 0 aliphatic carbocycles. The van der Waals surface area contributed by atoms with Crippen molar-refractivity contribution >= 4 is 29.2 Å². The molecule has 2 fully saturated rings. The highest BCUT2D eigenvalue weighted by Gasteiger charge is 2.28. The molecule has 5 rings (SSSR count). The molecule has 1 aromatic heterocycles.